The van der Waals surface area contributed by atoms with Gasteiger partial charge in [0.15, 0.2) is 0 Å². The van der Waals surface area contributed by atoms with Crippen molar-refractivity contribution in [3.63, 3.8) is 0 Å². The predicted octanol–water partition coefficient (Wildman–Crippen LogP) is 3.25. The van der Waals surface area contributed by atoms with Crippen molar-refractivity contribution in [1.29, 1.82) is 0 Å². The SMILES string of the molecule is CCN(CC)c1ccc(/C=N\Nc2nc(SCC(=O)NC3CCCC3)n[nH]2)cc1. The molecule has 156 valence electrons. The van der Waals surface area contributed by atoms with Gasteiger partial charge in [-0.3, -0.25) is 4.79 Å². The Morgan fingerprint density at radius 2 is 2.00 bits per heavy atom. The van der Waals surface area contributed by atoms with Crippen LogP contribution in [0.25, 0.3) is 0 Å². The van der Waals surface area contributed by atoms with E-state index >= 15 is 0 Å². The third-order valence-electron chi connectivity index (χ3n) is 4.92. The maximum atomic E-state index is 12.0. The van der Waals surface area contributed by atoms with Crippen LogP contribution in [0.2, 0.25) is 0 Å². The van der Waals surface area contributed by atoms with Gasteiger partial charge < -0.3 is 10.2 Å². The summed E-state index contributed by atoms with van der Waals surface area (Å²) < 4.78 is 0. The molecule has 0 aliphatic heterocycles. The fourth-order valence-corrected chi connectivity index (χ4v) is 3.97. The number of hydrazone groups is 1. The number of carbonyl (C=O) groups excluding carboxylic acids is 1. The van der Waals surface area contributed by atoms with E-state index in [1.165, 1.54) is 30.3 Å². The van der Waals surface area contributed by atoms with Crippen LogP contribution in [0.3, 0.4) is 0 Å². The summed E-state index contributed by atoms with van der Waals surface area (Å²) >= 11 is 1.31. The Kier molecular flexibility index (Phi) is 7.92. The van der Waals surface area contributed by atoms with Gasteiger partial charge in [-0.15, -0.1) is 5.10 Å². The van der Waals surface area contributed by atoms with Crippen molar-refractivity contribution in [2.75, 3.05) is 29.2 Å². The lowest BCUT2D eigenvalue weighted by atomic mass is 10.2. The largest absolute Gasteiger partial charge is 0.372 e. The summed E-state index contributed by atoms with van der Waals surface area (Å²) in [5.74, 6) is 0.794. The monoisotopic (exact) mass is 415 g/mol. The third-order valence-corrected chi connectivity index (χ3v) is 5.77. The number of thioether (sulfide) groups is 1. The van der Waals surface area contributed by atoms with E-state index in [2.05, 4.69) is 61.9 Å². The molecule has 0 bridgehead atoms. The molecule has 1 fully saturated rings. The molecule has 29 heavy (non-hydrogen) atoms. The van der Waals surface area contributed by atoms with Crippen molar-refractivity contribution in [3.8, 4) is 0 Å². The van der Waals surface area contributed by atoms with Gasteiger partial charge in [-0.1, -0.05) is 36.7 Å². The van der Waals surface area contributed by atoms with Gasteiger partial charge in [-0.25, -0.2) is 10.5 Å². The number of rotatable bonds is 10. The summed E-state index contributed by atoms with van der Waals surface area (Å²) in [7, 11) is 0. The highest BCUT2D eigenvalue weighted by molar-refractivity contribution is 7.99. The number of amides is 1. The molecule has 1 aliphatic carbocycles. The highest BCUT2D eigenvalue weighted by atomic mass is 32.2. The maximum absolute atomic E-state index is 12.0. The van der Waals surface area contributed by atoms with Crippen LogP contribution in [0.5, 0.6) is 0 Å². The highest BCUT2D eigenvalue weighted by Gasteiger charge is 2.17. The van der Waals surface area contributed by atoms with Crippen LogP contribution in [-0.4, -0.2) is 52.2 Å². The molecule has 0 unspecified atom stereocenters. The summed E-state index contributed by atoms with van der Waals surface area (Å²) in [4.78, 5) is 18.6. The van der Waals surface area contributed by atoms with Crippen molar-refractivity contribution in [3.05, 3.63) is 29.8 Å². The Bertz CT molecular complexity index is 795. The average molecular weight is 416 g/mol. The van der Waals surface area contributed by atoms with E-state index in [0.29, 0.717) is 22.9 Å². The molecule has 3 N–H and O–H groups in total. The Hall–Kier alpha value is -2.55. The molecule has 1 aliphatic rings. The smallest absolute Gasteiger partial charge is 0.240 e. The minimum atomic E-state index is 0.0346. The zero-order valence-corrected chi connectivity index (χ0v) is 17.8. The molecule has 1 aromatic carbocycles. The first kappa shape index (κ1) is 21.2. The molecular formula is C20H29N7OS. The van der Waals surface area contributed by atoms with E-state index in [-0.39, 0.29) is 5.91 Å². The number of aromatic nitrogens is 3. The molecule has 1 saturated carbocycles. The van der Waals surface area contributed by atoms with E-state index in [4.69, 9.17) is 0 Å². The van der Waals surface area contributed by atoms with Gasteiger partial charge in [-0.05, 0) is 44.4 Å². The summed E-state index contributed by atoms with van der Waals surface area (Å²) in [6.45, 7) is 6.27. The summed E-state index contributed by atoms with van der Waals surface area (Å²) in [6, 6.07) is 8.58. The van der Waals surface area contributed by atoms with E-state index in [1.54, 1.807) is 6.21 Å². The van der Waals surface area contributed by atoms with Crippen LogP contribution in [0.15, 0.2) is 34.5 Å². The lowest BCUT2D eigenvalue weighted by Crippen LogP contribution is -2.33. The minimum Gasteiger partial charge on any atom is -0.372 e. The van der Waals surface area contributed by atoms with Crippen molar-refractivity contribution >= 4 is 35.5 Å². The van der Waals surface area contributed by atoms with Crippen molar-refractivity contribution in [2.45, 2.75) is 50.7 Å². The first-order valence-corrected chi connectivity index (χ1v) is 11.1. The van der Waals surface area contributed by atoms with Gasteiger partial charge >= 0.3 is 0 Å². The number of hydrogen-bond acceptors (Lipinski definition) is 7. The van der Waals surface area contributed by atoms with E-state index in [1.807, 2.05) is 12.1 Å². The Balaban J connectivity index is 1.43. The van der Waals surface area contributed by atoms with Gasteiger partial charge in [0.05, 0.1) is 12.0 Å². The molecule has 1 amide bonds. The summed E-state index contributed by atoms with van der Waals surface area (Å²) in [6.07, 6.45) is 6.31. The molecule has 0 saturated heterocycles. The van der Waals surface area contributed by atoms with Crippen LogP contribution in [0.4, 0.5) is 11.6 Å². The van der Waals surface area contributed by atoms with Crippen LogP contribution in [0.1, 0.15) is 45.1 Å². The number of H-pyrrole nitrogens is 1. The van der Waals surface area contributed by atoms with Crippen LogP contribution in [-0.2, 0) is 4.79 Å². The molecule has 1 aromatic heterocycles. The molecular weight excluding hydrogens is 386 g/mol. The maximum Gasteiger partial charge on any atom is 0.240 e. The zero-order valence-electron chi connectivity index (χ0n) is 17.0. The van der Waals surface area contributed by atoms with E-state index < -0.39 is 0 Å². The lowest BCUT2D eigenvalue weighted by Gasteiger charge is -2.20. The second-order valence-corrected chi connectivity index (χ2v) is 7.88. The quantitative estimate of drug-likeness (QED) is 0.313. The molecule has 1 heterocycles. The molecule has 9 heteroatoms. The Morgan fingerprint density at radius 3 is 2.69 bits per heavy atom. The van der Waals surface area contributed by atoms with Crippen LogP contribution < -0.4 is 15.6 Å². The van der Waals surface area contributed by atoms with Gasteiger partial charge in [0.25, 0.3) is 0 Å². The van der Waals surface area contributed by atoms with Gasteiger partial charge in [-0.2, -0.15) is 10.1 Å². The normalized spacial score (nSPS) is 14.4. The second kappa shape index (κ2) is 10.8. The zero-order chi connectivity index (χ0) is 20.5. The first-order chi connectivity index (χ1) is 14.2. The number of nitrogens with one attached hydrogen (secondary N) is 3. The van der Waals surface area contributed by atoms with Gasteiger partial charge in [0.1, 0.15) is 0 Å². The molecule has 0 radical (unpaired) electrons. The second-order valence-electron chi connectivity index (χ2n) is 6.94. The van der Waals surface area contributed by atoms with E-state index in [0.717, 1.165) is 31.5 Å². The molecule has 0 spiro atoms. The van der Waals surface area contributed by atoms with Crippen molar-refractivity contribution in [2.24, 2.45) is 5.10 Å². The highest BCUT2D eigenvalue weighted by Crippen LogP contribution is 2.19. The standard InChI is InChI=1S/C20H29N7OS/c1-3-27(4-2)17-11-9-15(10-12-17)13-21-24-19-23-20(26-25-19)29-14-18(28)22-16-7-5-6-8-16/h9-13,16H,3-8,14H2,1-2H3,(H,22,28)(H2,23,24,25,26)/b21-13-. The number of nitrogens with zero attached hydrogens (tertiary/aromatic N) is 4. The molecule has 0 atom stereocenters. The molecule has 3 rings (SSSR count). The number of carbonyl (C=O) groups is 1. The number of benzene rings is 1. The van der Waals surface area contributed by atoms with Gasteiger partial charge in [0.2, 0.25) is 17.0 Å². The number of hydrogen-bond donors (Lipinski definition) is 3. The summed E-state index contributed by atoms with van der Waals surface area (Å²) in [5, 5.41) is 14.7. The molecule has 8 nitrogen and oxygen atoms in total. The third kappa shape index (κ3) is 6.49. The van der Waals surface area contributed by atoms with Crippen LogP contribution >= 0.6 is 11.8 Å². The number of aromatic amines is 1. The fraction of sp³-hybridized carbons (Fsp3) is 0.500. The predicted molar refractivity (Wildman–Crippen MR) is 119 cm³/mol. The molecule has 2 aromatic rings. The first-order valence-electron chi connectivity index (χ1n) is 10.2. The van der Waals surface area contributed by atoms with Crippen molar-refractivity contribution in [1.82, 2.24) is 20.5 Å². The summed E-state index contributed by atoms with van der Waals surface area (Å²) in [5.41, 5.74) is 5.03. The Morgan fingerprint density at radius 1 is 1.28 bits per heavy atom. The fourth-order valence-electron chi connectivity index (χ4n) is 3.36. The Labute approximate surface area is 175 Å². The van der Waals surface area contributed by atoms with Gasteiger partial charge in [0, 0.05) is 24.8 Å². The number of anilines is 2. The topological polar surface area (TPSA) is 98.3 Å². The van der Waals surface area contributed by atoms with E-state index in [9.17, 15) is 4.79 Å². The average Bonchev–Trinajstić information content (AvgIpc) is 3.41. The van der Waals surface area contributed by atoms with Crippen LogP contribution in [0, 0.1) is 0 Å². The lowest BCUT2D eigenvalue weighted by molar-refractivity contribution is -0.119. The minimum absolute atomic E-state index is 0.0346. The van der Waals surface area contributed by atoms with Crippen molar-refractivity contribution < 1.29 is 4.79 Å².